The predicted molar refractivity (Wildman–Crippen MR) is 76.8 cm³/mol. The second kappa shape index (κ2) is 4.86. The quantitative estimate of drug-likeness (QED) is 0.666. The Morgan fingerprint density at radius 2 is 1.81 bits per heavy atom. The van der Waals surface area contributed by atoms with Gasteiger partial charge in [-0.05, 0) is 30.3 Å². The van der Waals surface area contributed by atoms with Gasteiger partial charge in [-0.1, -0.05) is 11.6 Å². The highest BCUT2D eigenvalue weighted by atomic mass is 35.5. The zero-order chi connectivity index (χ0) is 15.0. The van der Waals surface area contributed by atoms with E-state index >= 15 is 0 Å². The molecule has 0 spiro atoms. The zero-order valence-electron chi connectivity index (χ0n) is 10.3. The third-order valence-electron chi connectivity index (χ3n) is 2.67. The minimum atomic E-state index is -3.84. The molecule has 2 aromatic heterocycles. The molecule has 21 heavy (non-hydrogen) atoms. The van der Waals surface area contributed by atoms with Gasteiger partial charge in [0.2, 0.25) is 0 Å². The summed E-state index contributed by atoms with van der Waals surface area (Å²) < 4.78 is 26.7. The minimum Gasteiger partial charge on any atom is -0.306 e. The number of benzene rings is 1. The molecular formula is C11H8ClN5O3S. The van der Waals surface area contributed by atoms with Crippen molar-refractivity contribution >= 4 is 38.5 Å². The lowest BCUT2D eigenvalue weighted by Gasteiger charge is -2.06. The maximum absolute atomic E-state index is 12.2. The lowest BCUT2D eigenvalue weighted by molar-refractivity contribution is 0.601. The van der Waals surface area contributed by atoms with E-state index in [1.807, 2.05) is 0 Å². The van der Waals surface area contributed by atoms with E-state index in [2.05, 4.69) is 24.9 Å². The monoisotopic (exact) mass is 325 g/mol. The summed E-state index contributed by atoms with van der Waals surface area (Å²) >= 11 is 5.58. The first-order valence-corrected chi connectivity index (χ1v) is 7.54. The molecule has 0 aliphatic heterocycles. The van der Waals surface area contributed by atoms with Crippen LogP contribution in [0.15, 0.2) is 40.0 Å². The maximum atomic E-state index is 12.2. The lowest BCUT2D eigenvalue weighted by Crippen LogP contribution is -2.14. The van der Waals surface area contributed by atoms with Gasteiger partial charge in [0.1, 0.15) is 0 Å². The molecule has 0 amide bonds. The fraction of sp³-hybridized carbons (Fsp3) is 0. The van der Waals surface area contributed by atoms with E-state index in [4.69, 9.17) is 11.6 Å². The molecule has 1 aromatic carbocycles. The van der Waals surface area contributed by atoms with Gasteiger partial charge in [0.05, 0.1) is 15.9 Å². The number of sulfonamides is 1. The van der Waals surface area contributed by atoms with Gasteiger partial charge in [-0.25, -0.2) is 13.2 Å². The van der Waals surface area contributed by atoms with Crippen molar-refractivity contribution in [2.75, 3.05) is 4.72 Å². The molecule has 0 bridgehead atoms. The molecule has 0 saturated carbocycles. The molecule has 3 N–H and O–H groups in total. The smallest absolute Gasteiger partial charge is 0.306 e. The molecular weight excluding hydrogens is 318 g/mol. The first kappa shape index (κ1) is 13.6. The van der Waals surface area contributed by atoms with E-state index in [-0.39, 0.29) is 15.9 Å². The van der Waals surface area contributed by atoms with E-state index in [0.717, 1.165) is 0 Å². The van der Waals surface area contributed by atoms with Gasteiger partial charge in [0, 0.05) is 0 Å². The molecule has 0 fully saturated rings. The van der Waals surface area contributed by atoms with Crippen LogP contribution in [0.3, 0.4) is 0 Å². The summed E-state index contributed by atoms with van der Waals surface area (Å²) in [4.78, 5) is 16.2. The number of hydrogen-bond donors (Lipinski definition) is 3. The molecule has 0 atom stereocenters. The predicted octanol–water partition coefficient (Wildman–Crippen LogP) is 1.10. The van der Waals surface area contributed by atoms with Gasteiger partial charge in [-0.3, -0.25) is 4.72 Å². The average Bonchev–Trinajstić information content (AvgIpc) is 2.80. The van der Waals surface area contributed by atoms with Crippen LogP contribution in [0.25, 0.3) is 11.0 Å². The number of aromatic amines is 2. The normalized spacial score (nSPS) is 11.7. The van der Waals surface area contributed by atoms with Crippen molar-refractivity contribution in [1.29, 1.82) is 0 Å². The Hall–Kier alpha value is -2.39. The summed E-state index contributed by atoms with van der Waals surface area (Å²) in [7, 11) is -3.84. The second-order valence-corrected chi connectivity index (χ2v) is 6.20. The fourth-order valence-electron chi connectivity index (χ4n) is 1.75. The van der Waals surface area contributed by atoms with Crippen LogP contribution in [0, 0.1) is 0 Å². The van der Waals surface area contributed by atoms with Crippen LogP contribution in [0.1, 0.15) is 0 Å². The molecule has 108 valence electrons. The number of fused-ring (bicyclic) bond motifs is 1. The molecule has 8 nitrogen and oxygen atoms in total. The van der Waals surface area contributed by atoms with Gasteiger partial charge in [0.25, 0.3) is 10.0 Å². The number of H-pyrrole nitrogens is 2. The summed E-state index contributed by atoms with van der Waals surface area (Å²) in [6.45, 7) is 0. The highest BCUT2D eigenvalue weighted by Gasteiger charge is 2.16. The Bertz CT molecular complexity index is 961. The first-order chi connectivity index (χ1) is 9.94. The topological polar surface area (TPSA) is 121 Å². The number of rotatable bonds is 3. The molecule has 2 heterocycles. The third kappa shape index (κ3) is 2.73. The van der Waals surface area contributed by atoms with E-state index in [1.54, 1.807) is 0 Å². The summed E-state index contributed by atoms with van der Waals surface area (Å²) in [5.41, 5.74) is 0.506. The summed E-state index contributed by atoms with van der Waals surface area (Å²) in [6, 6.07) is 7.02. The number of aromatic nitrogens is 4. The van der Waals surface area contributed by atoms with Crippen molar-refractivity contribution in [2.24, 2.45) is 0 Å². The molecule has 3 aromatic rings. The van der Waals surface area contributed by atoms with Crippen molar-refractivity contribution in [3.05, 3.63) is 46.0 Å². The number of anilines is 1. The zero-order valence-corrected chi connectivity index (χ0v) is 11.9. The van der Waals surface area contributed by atoms with Crippen LogP contribution in [0.4, 0.5) is 5.82 Å². The molecule has 0 saturated heterocycles. The van der Waals surface area contributed by atoms with Crippen molar-refractivity contribution in [3.63, 3.8) is 0 Å². The lowest BCUT2D eigenvalue weighted by atomic mass is 10.3. The van der Waals surface area contributed by atoms with Gasteiger partial charge in [-0.15, -0.1) is 10.2 Å². The summed E-state index contributed by atoms with van der Waals surface area (Å²) in [5, 5.41) is 7.32. The fourth-order valence-corrected chi connectivity index (χ4v) is 2.87. The third-order valence-corrected chi connectivity index (χ3v) is 4.22. The largest absolute Gasteiger partial charge is 0.323 e. The van der Waals surface area contributed by atoms with Crippen LogP contribution < -0.4 is 10.4 Å². The summed E-state index contributed by atoms with van der Waals surface area (Å²) in [5.74, 6) is 0.0436. The van der Waals surface area contributed by atoms with Crippen LogP contribution in [-0.4, -0.2) is 28.6 Å². The molecule has 3 rings (SSSR count). The van der Waals surface area contributed by atoms with Crippen molar-refractivity contribution < 1.29 is 8.42 Å². The van der Waals surface area contributed by atoms with Crippen molar-refractivity contribution in [1.82, 2.24) is 20.2 Å². The van der Waals surface area contributed by atoms with Crippen LogP contribution in [0.5, 0.6) is 0 Å². The Kier molecular flexibility index (Phi) is 3.15. The Morgan fingerprint density at radius 1 is 1.05 bits per heavy atom. The number of halogens is 1. The van der Waals surface area contributed by atoms with Crippen LogP contribution in [-0.2, 0) is 10.0 Å². The van der Waals surface area contributed by atoms with Gasteiger partial charge in [0.15, 0.2) is 11.0 Å². The number of nitrogens with one attached hydrogen (secondary N) is 3. The van der Waals surface area contributed by atoms with E-state index < -0.39 is 15.7 Å². The van der Waals surface area contributed by atoms with E-state index in [0.29, 0.717) is 11.0 Å². The Morgan fingerprint density at radius 3 is 2.52 bits per heavy atom. The SMILES string of the molecule is O=c1[nH]c2ccc(S(=O)(=O)Nc3ccc(Cl)nn3)cc2[nH]1. The number of imidazole rings is 1. The Balaban J connectivity index is 1.99. The summed E-state index contributed by atoms with van der Waals surface area (Å²) in [6.07, 6.45) is 0. The van der Waals surface area contributed by atoms with Gasteiger partial charge >= 0.3 is 5.69 Å². The number of hydrogen-bond acceptors (Lipinski definition) is 5. The molecule has 0 unspecified atom stereocenters. The molecule has 0 radical (unpaired) electrons. The van der Waals surface area contributed by atoms with Crippen LogP contribution >= 0.6 is 11.6 Å². The molecule has 10 heteroatoms. The molecule has 0 aliphatic rings. The first-order valence-electron chi connectivity index (χ1n) is 5.68. The van der Waals surface area contributed by atoms with Crippen molar-refractivity contribution in [2.45, 2.75) is 4.90 Å². The van der Waals surface area contributed by atoms with E-state index in [1.165, 1.54) is 30.3 Å². The van der Waals surface area contributed by atoms with E-state index in [9.17, 15) is 13.2 Å². The van der Waals surface area contributed by atoms with Crippen molar-refractivity contribution in [3.8, 4) is 0 Å². The molecule has 0 aliphatic carbocycles. The average molecular weight is 326 g/mol. The minimum absolute atomic E-state index is 0.0120. The maximum Gasteiger partial charge on any atom is 0.323 e. The highest BCUT2D eigenvalue weighted by Crippen LogP contribution is 2.18. The highest BCUT2D eigenvalue weighted by molar-refractivity contribution is 7.92. The van der Waals surface area contributed by atoms with Crippen LogP contribution in [0.2, 0.25) is 5.15 Å². The van der Waals surface area contributed by atoms with Gasteiger partial charge < -0.3 is 9.97 Å². The standard InChI is InChI=1S/C11H8ClN5O3S/c12-9-3-4-10(16-15-9)17-21(19,20)6-1-2-7-8(5-6)14-11(18)13-7/h1-5H,(H,16,17)(H2,13,14,18). The Labute approximate surface area is 123 Å². The van der Waals surface area contributed by atoms with Gasteiger partial charge in [-0.2, -0.15) is 0 Å². The second-order valence-electron chi connectivity index (χ2n) is 4.13. The number of nitrogens with zero attached hydrogens (tertiary/aromatic N) is 2.